The fourth-order valence-corrected chi connectivity index (χ4v) is 5.20. The van der Waals surface area contributed by atoms with E-state index in [4.69, 9.17) is 0 Å². The summed E-state index contributed by atoms with van der Waals surface area (Å²) < 4.78 is 0. The second kappa shape index (κ2) is 10.1. The number of amides is 2. The van der Waals surface area contributed by atoms with Gasteiger partial charge in [0.1, 0.15) is 0 Å². The Labute approximate surface area is 212 Å². The highest BCUT2D eigenvalue weighted by molar-refractivity contribution is 5.94. The first-order chi connectivity index (χ1) is 17.4. The maximum atomic E-state index is 13.3. The van der Waals surface area contributed by atoms with E-state index in [0.29, 0.717) is 19.0 Å². The molecule has 3 heterocycles. The van der Waals surface area contributed by atoms with Crippen LogP contribution in [-0.2, 0) is 15.0 Å². The molecule has 2 saturated heterocycles. The summed E-state index contributed by atoms with van der Waals surface area (Å²) in [5.74, 6) is 0.640. The Hall–Kier alpha value is -3.74. The van der Waals surface area contributed by atoms with Gasteiger partial charge in [-0.25, -0.2) is 0 Å². The second-order valence-electron chi connectivity index (χ2n) is 10.4. The summed E-state index contributed by atoms with van der Waals surface area (Å²) in [6.07, 6.45) is 5.28. The summed E-state index contributed by atoms with van der Waals surface area (Å²) in [5, 5.41) is 10.7. The molecule has 0 atom stereocenters. The molecule has 0 bridgehead atoms. The van der Waals surface area contributed by atoms with E-state index in [0.717, 1.165) is 42.9 Å². The van der Waals surface area contributed by atoms with Gasteiger partial charge in [0.25, 0.3) is 0 Å². The molecule has 7 nitrogen and oxygen atoms in total. The molecule has 0 spiro atoms. The summed E-state index contributed by atoms with van der Waals surface area (Å²) >= 11 is 0. The number of piperidine rings is 1. The Kier molecular flexibility index (Phi) is 6.72. The Morgan fingerprint density at radius 1 is 0.917 bits per heavy atom. The van der Waals surface area contributed by atoms with Crippen LogP contribution in [0, 0.1) is 5.92 Å². The van der Waals surface area contributed by atoms with Crippen LogP contribution in [-0.4, -0.2) is 53.1 Å². The summed E-state index contributed by atoms with van der Waals surface area (Å²) in [6, 6.07) is 20.1. The molecule has 0 aliphatic carbocycles. The van der Waals surface area contributed by atoms with Crippen LogP contribution in [0.3, 0.4) is 0 Å². The maximum absolute atomic E-state index is 13.3. The quantitative estimate of drug-likeness (QED) is 0.568. The predicted octanol–water partition coefficient (Wildman–Crippen LogP) is 4.24. The minimum atomic E-state index is -0.527. The van der Waals surface area contributed by atoms with Crippen molar-refractivity contribution in [2.75, 3.05) is 36.4 Å². The van der Waals surface area contributed by atoms with E-state index in [1.165, 1.54) is 5.56 Å². The third-order valence-electron chi connectivity index (χ3n) is 7.65. The smallest absolute Gasteiger partial charge is 0.232 e. The number of hydrogen-bond donors (Lipinski definition) is 1. The van der Waals surface area contributed by atoms with Crippen molar-refractivity contribution in [1.29, 1.82) is 0 Å². The molecule has 2 fully saturated rings. The second-order valence-corrected chi connectivity index (χ2v) is 10.4. The van der Waals surface area contributed by atoms with Gasteiger partial charge in [0.15, 0.2) is 0 Å². The normalized spacial score (nSPS) is 16.9. The summed E-state index contributed by atoms with van der Waals surface area (Å²) in [6.45, 7) is 6.94. The first kappa shape index (κ1) is 24.0. The highest BCUT2D eigenvalue weighted by Gasteiger charge is 2.36. The SMILES string of the molecule is CC(C)(C(=O)N1CCC(c2ccc(NC(=O)C3CN(c4ccnnc4)C3)cc2)CC1)c1ccccc1. The number of benzene rings is 2. The highest BCUT2D eigenvalue weighted by Crippen LogP contribution is 2.32. The lowest BCUT2D eigenvalue weighted by atomic mass is 9.82. The van der Waals surface area contributed by atoms with Crippen LogP contribution in [0.2, 0.25) is 0 Å². The molecule has 186 valence electrons. The van der Waals surface area contributed by atoms with Gasteiger partial charge in [-0.3, -0.25) is 9.59 Å². The molecule has 2 aliphatic heterocycles. The van der Waals surface area contributed by atoms with E-state index in [1.54, 1.807) is 12.4 Å². The summed E-state index contributed by atoms with van der Waals surface area (Å²) in [7, 11) is 0. The molecule has 1 N–H and O–H groups in total. The van der Waals surface area contributed by atoms with Gasteiger partial charge in [-0.1, -0.05) is 42.5 Å². The molecular formula is C29H33N5O2. The average Bonchev–Trinajstić information content (AvgIpc) is 2.89. The molecule has 2 aromatic carbocycles. The summed E-state index contributed by atoms with van der Waals surface area (Å²) in [5.41, 5.74) is 3.61. The van der Waals surface area contributed by atoms with Gasteiger partial charge < -0.3 is 15.1 Å². The Morgan fingerprint density at radius 3 is 2.25 bits per heavy atom. The number of likely N-dealkylation sites (tertiary alicyclic amines) is 1. The van der Waals surface area contributed by atoms with Crippen LogP contribution >= 0.6 is 0 Å². The molecule has 2 amide bonds. The monoisotopic (exact) mass is 483 g/mol. The molecule has 3 aromatic rings. The third kappa shape index (κ3) is 4.96. The van der Waals surface area contributed by atoms with Gasteiger partial charge >= 0.3 is 0 Å². The predicted molar refractivity (Wildman–Crippen MR) is 141 cm³/mol. The zero-order valence-corrected chi connectivity index (χ0v) is 20.9. The van der Waals surface area contributed by atoms with Gasteiger partial charge in [0, 0.05) is 31.9 Å². The first-order valence-electron chi connectivity index (χ1n) is 12.7. The number of anilines is 2. The number of carbonyl (C=O) groups excluding carboxylic acids is 2. The Bertz CT molecular complexity index is 1180. The molecule has 2 aliphatic rings. The van der Waals surface area contributed by atoms with Crippen LogP contribution in [0.5, 0.6) is 0 Å². The maximum Gasteiger partial charge on any atom is 0.232 e. The van der Waals surface area contributed by atoms with Crippen LogP contribution in [0.1, 0.15) is 43.7 Å². The van der Waals surface area contributed by atoms with Crippen molar-refractivity contribution in [2.24, 2.45) is 5.92 Å². The third-order valence-corrected chi connectivity index (χ3v) is 7.65. The molecule has 0 saturated carbocycles. The standard InChI is InChI=1S/C29H33N5O2/c1-29(2,24-6-4-3-5-7-24)28(36)33-16-13-22(14-17-33)21-8-10-25(11-9-21)32-27(35)23-19-34(20-23)26-12-15-30-31-18-26/h3-12,15,18,22-23H,13-14,16-17,19-20H2,1-2H3,(H,32,35). The minimum absolute atomic E-state index is 0.0279. The topological polar surface area (TPSA) is 78.4 Å². The number of rotatable bonds is 6. The van der Waals surface area contributed by atoms with E-state index in [2.05, 4.69) is 32.5 Å². The van der Waals surface area contributed by atoms with E-state index in [-0.39, 0.29) is 17.7 Å². The van der Waals surface area contributed by atoms with E-state index >= 15 is 0 Å². The van der Waals surface area contributed by atoms with Crippen LogP contribution in [0.15, 0.2) is 73.1 Å². The Balaban J connectivity index is 1.11. The zero-order chi connectivity index (χ0) is 25.1. The van der Waals surface area contributed by atoms with Crippen molar-refractivity contribution in [1.82, 2.24) is 15.1 Å². The van der Waals surface area contributed by atoms with Crippen molar-refractivity contribution in [3.63, 3.8) is 0 Å². The number of nitrogens with one attached hydrogen (secondary N) is 1. The first-order valence-corrected chi connectivity index (χ1v) is 12.7. The van der Waals surface area contributed by atoms with Crippen LogP contribution in [0.4, 0.5) is 11.4 Å². The Morgan fingerprint density at radius 2 is 1.61 bits per heavy atom. The average molecular weight is 484 g/mol. The van der Waals surface area contributed by atoms with E-state index in [9.17, 15) is 9.59 Å². The molecule has 0 unspecified atom stereocenters. The molecule has 0 radical (unpaired) electrons. The van der Waals surface area contributed by atoms with Gasteiger partial charge in [-0.05, 0) is 61.9 Å². The van der Waals surface area contributed by atoms with Gasteiger partial charge in [0.2, 0.25) is 11.8 Å². The number of hydrogen-bond acceptors (Lipinski definition) is 5. The molecular weight excluding hydrogens is 450 g/mol. The minimum Gasteiger partial charge on any atom is -0.368 e. The lowest BCUT2D eigenvalue weighted by molar-refractivity contribution is -0.137. The number of aromatic nitrogens is 2. The van der Waals surface area contributed by atoms with E-state index in [1.807, 2.05) is 67.3 Å². The van der Waals surface area contributed by atoms with Gasteiger partial charge in [0.05, 0.1) is 29.4 Å². The number of carbonyl (C=O) groups is 2. The fourth-order valence-electron chi connectivity index (χ4n) is 5.20. The lowest BCUT2D eigenvalue weighted by Crippen LogP contribution is -2.52. The van der Waals surface area contributed by atoms with E-state index < -0.39 is 5.41 Å². The van der Waals surface area contributed by atoms with Gasteiger partial charge in [-0.15, -0.1) is 0 Å². The summed E-state index contributed by atoms with van der Waals surface area (Å²) in [4.78, 5) is 30.1. The van der Waals surface area contributed by atoms with Crippen molar-refractivity contribution in [3.05, 3.63) is 84.2 Å². The van der Waals surface area contributed by atoms with Crippen LogP contribution < -0.4 is 10.2 Å². The van der Waals surface area contributed by atoms with Gasteiger partial charge in [-0.2, -0.15) is 10.2 Å². The fraction of sp³-hybridized carbons (Fsp3) is 0.379. The van der Waals surface area contributed by atoms with Crippen molar-refractivity contribution >= 4 is 23.2 Å². The lowest BCUT2D eigenvalue weighted by Gasteiger charge is -2.39. The largest absolute Gasteiger partial charge is 0.368 e. The molecule has 1 aromatic heterocycles. The number of nitrogens with zero attached hydrogens (tertiary/aromatic N) is 4. The molecule has 36 heavy (non-hydrogen) atoms. The highest BCUT2D eigenvalue weighted by atomic mass is 16.2. The van der Waals surface area contributed by atoms with Crippen molar-refractivity contribution in [2.45, 2.75) is 38.0 Å². The van der Waals surface area contributed by atoms with Crippen molar-refractivity contribution in [3.8, 4) is 0 Å². The molecule has 7 heteroatoms. The van der Waals surface area contributed by atoms with Crippen LogP contribution in [0.25, 0.3) is 0 Å². The molecule has 5 rings (SSSR count). The zero-order valence-electron chi connectivity index (χ0n) is 20.9. The van der Waals surface area contributed by atoms with Crippen molar-refractivity contribution < 1.29 is 9.59 Å².